The predicted molar refractivity (Wildman–Crippen MR) is 153 cm³/mol. The Bertz CT molecular complexity index is 1540. The van der Waals surface area contributed by atoms with Gasteiger partial charge in [0.05, 0.1) is 16.4 Å². The van der Waals surface area contributed by atoms with Crippen molar-refractivity contribution in [2.45, 2.75) is 26.3 Å². The molecule has 4 aromatic rings. The van der Waals surface area contributed by atoms with Gasteiger partial charge in [-0.1, -0.05) is 43.6 Å². The summed E-state index contributed by atoms with van der Waals surface area (Å²) in [7, 11) is 1.43. The molecule has 0 spiro atoms. The minimum absolute atomic E-state index is 0.00361. The van der Waals surface area contributed by atoms with E-state index in [0.29, 0.717) is 11.9 Å². The SMILES string of the molecule is CCNC[C@@H](C)CC(=O)N[C@@H](c1cc(F)ccc1Cl)c1[nH]c(C(=O)NC)nc1NC(=O)c1nsc2ccccc12. The lowest BCUT2D eigenvalue weighted by molar-refractivity contribution is -0.122. The molecule has 13 heteroatoms. The topological polar surface area (TPSA) is 141 Å². The first-order valence-corrected chi connectivity index (χ1v) is 13.8. The Morgan fingerprint density at radius 1 is 1.15 bits per heavy atom. The molecule has 0 saturated carbocycles. The maximum Gasteiger partial charge on any atom is 0.286 e. The van der Waals surface area contributed by atoms with E-state index in [2.05, 4.69) is 35.6 Å². The molecule has 0 radical (unpaired) electrons. The van der Waals surface area contributed by atoms with Crippen LogP contribution >= 0.6 is 23.1 Å². The van der Waals surface area contributed by atoms with E-state index in [9.17, 15) is 18.8 Å². The Balaban J connectivity index is 1.75. The molecule has 0 bridgehead atoms. The van der Waals surface area contributed by atoms with Crippen molar-refractivity contribution in [2.75, 3.05) is 25.5 Å². The highest BCUT2D eigenvalue weighted by atomic mass is 35.5. The van der Waals surface area contributed by atoms with Crippen LogP contribution in [-0.4, -0.2) is 52.2 Å². The number of hydrogen-bond acceptors (Lipinski definition) is 7. The highest BCUT2D eigenvalue weighted by Gasteiger charge is 2.29. The molecular formula is C27H29ClFN7O3S. The number of nitrogens with zero attached hydrogens (tertiary/aromatic N) is 2. The Morgan fingerprint density at radius 2 is 1.93 bits per heavy atom. The molecule has 2 atom stereocenters. The Morgan fingerprint density at radius 3 is 2.67 bits per heavy atom. The third-order valence-electron chi connectivity index (χ3n) is 6.14. The summed E-state index contributed by atoms with van der Waals surface area (Å²) in [6.07, 6.45) is 0.166. The number of aromatic nitrogens is 3. The normalized spacial score (nSPS) is 12.6. The lowest BCUT2D eigenvalue weighted by atomic mass is 10.0. The monoisotopic (exact) mass is 585 g/mol. The molecule has 0 fully saturated rings. The van der Waals surface area contributed by atoms with Gasteiger partial charge < -0.3 is 26.3 Å². The van der Waals surface area contributed by atoms with Crippen molar-refractivity contribution in [3.05, 3.63) is 76.1 Å². The summed E-state index contributed by atoms with van der Waals surface area (Å²) in [6.45, 7) is 5.29. The van der Waals surface area contributed by atoms with Crippen LogP contribution < -0.4 is 21.3 Å². The van der Waals surface area contributed by atoms with Crippen LogP contribution in [-0.2, 0) is 4.79 Å². The van der Waals surface area contributed by atoms with E-state index >= 15 is 0 Å². The zero-order valence-corrected chi connectivity index (χ0v) is 23.7. The number of amides is 3. The van der Waals surface area contributed by atoms with E-state index in [-0.39, 0.29) is 51.9 Å². The summed E-state index contributed by atoms with van der Waals surface area (Å²) in [4.78, 5) is 46.2. The maximum atomic E-state index is 14.4. The fourth-order valence-electron chi connectivity index (χ4n) is 4.17. The first-order valence-electron chi connectivity index (χ1n) is 12.6. The minimum Gasteiger partial charge on any atom is -0.352 e. The Kier molecular flexibility index (Phi) is 9.46. The number of aromatic amines is 1. The van der Waals surface area contributed by atoms with E-state index in [4.69, 9.17) is 11.6 Å². The zero-order chi connectivity index (χ0) is 28.8. The van der Waals surface area contributed by atoms with Gasteiger partial charge in [-0.15, -0.1) is 0 Å². The molecule has 10 nitrogen and oxygen atoms in total. The van der Waals surface area contributed by atoms with Gasteiger partial charge in [0.2, 0.25) is 5.91 Å². The Hall–Kier alpha value is -3.87. The van der Waals surface area contributed by atoms with E-state index in [1.807, 2.05) is 26.0 Å². The van der Waals surface area contributed by atoms with Crippen molar-refractivity contribution >= 4 is 56.8 Å². The van der Waals surface area contributed by atoms with Crippen LogP contribution in [0.4, 0.5) is 10.2 Å². The van der Waals surface area contributed by atoms with Crippen LogP contribution in [0.25, 0.3) is 10.1 Å². The van der Waals surface area contributed by atoms with E-state index in [1.54, 1.807) is 12.1 Å². The van der Waals surface area contributed by atoms with Crippen molar-refractivity contribution in [2.24, 2.45) is 5.92 Å². The number of carbonyl (C=O) groups excluding carboxylic acids is 3. The number of imidazole rings is 1. The Labute approximate surface area is 239 Å². The average molecular weight is 586 g/mol. The second kappa shape index (κ2) is 13.0. The largest absolute Gasteiger partial charge is 0.352 e. The van der Waals surface area contributed by atoms with Crippen LogP contribution in [0.2, 0.25) is 5.02 Å². The highest BCUT2D eigenvalue weighted by molar-refractivity contribution is 7.13. The van der Waals surface area contributed by atoms with Gasteiger partial charge in [-0.05, 0) is 54.8 Å². The number of hydrogen-bond donors (Lipinski definition) is 5. The summed E-state index contributed by atoms with van der Waals surface area (Å²) >= 11 is 7.63. The van der Waals surface area contributed by atoms with E-state index in [0.717, 1.165) is 11.2 Å². The number of benzene rings is 2. The lowest BCUT2D eigenvalue weighted by Gasteiger charge is -2.22. The fraction of sp³-hybridized carbons (Fsp3) is 0.296. The third-order valence-corrected chi connectivity index (χ3v) is 7.31. The van der Waals surface area contributed by atoms with Crippen molar-refractivity contribution in [3.8, 4) is 0 Å². The quantitative estimate of drug-likeness (QED) is 0.178. The van der Waals surface area contributed by atoms with E-state index in [1.165, 1.54) is 36.8 Å². The first-order chi connectivity index (χ1) is 19.2. The van der Waals surface area contributed by atoms with Gasteiger partial charge in [0.15, 0.2) is 11.6 Å². The molecule has 0 aliphatic carbocycles. The predicted octanol–water partition coefficient (Wildman–Crippen LogP) is 4.27. The highest BCUT2D eigenvalue weighted by Crippen LogP contribution is 2.33. The van der Waals surface area contributed by atoms with Gasteiger partial charge >= 0.3 is 0 Å². The van der Waals surface area contributed by atoms with Crippen LogP contribution in [0, 0.1) is 11.7 Å². The van der Waals surface area contributed by atoms with Crippen LogP contribution in [0.15, 0.2) is 42.5 Å². The fourth-order valence-corrected chi connectivity index (χ4v) is 5.17. The van der Waals surface area contributed by atoms with Gasteiger partial charge in [-0.2, -0.15) is 4.37 Å². The number of halogens is 2. The van der Waals surface area contributed by atoms with Crippen LogP contribution in [0.3, 0.4) is 0 Å². The molecule has 0 aliphatic rings. The lowest BCUT2D eigenvalue weighted by Crippen LogP contribution is -2.33. The average Bonchev–Trinajstić information content (AvgIpc) is 3.56. The molecule has 5 N–H and O–H groups in total. The molecule has 0 unspecified atom stereocenters. The molecule has 2 aromatic carbocycles. The maximum absolute atomic E-state index is 14.4. The van der Waals surface area contributed by atoms with Crippen molar-refractivity contribution in [1.82, 2.24) is 30.3 Å². The van der Waals surface area contributed by atoms with Crippen molar-refractivity contribution < 1.29 is 18.8 Å². The molecule has 210 valence electrons. The standard InChI is InChI=1S/C27H29ClFN7O3S/c1-4-31-13-14(2)11-20(37)32-21(17-12-15(29)9-10-18(17)28)23-24(34-25(33-23)27(39)30-3)35-26(38)22-16-7-5-6-8-19(16)40-36-22/h5-10,12,14,21,31H,4,11,13H2,1-3H3,(H,30,39)(H,32,37)(H,33,34)(H,35,38)/t14-,21-/m0/s1. The number of rotatable bonds is 11. The first kappa shape index (κ1) is 29.1. The van der Waals surface area contributed by atoms with Gasteiger partial charge in [-0.25, -0.2) is 9.37 Å². The molecule has 2 heterocycles. The number of nitrogens with one attached hydrogen (secondary N) is 5. The zero-order valence-electron chi connectivity index (χ0n) is 22.1. The second-order valence-corrected chi connectivity index (χ2v) is 10.4. The van der Waals surface area contributed by atoms with Gasteiger partial charge in [0, 0.05) is 29.4 Å². The summed E-state index contributed by atoms with van der Waals surface area (Å²) in [5.41, 5.74) is 0.542. The molecule has 2 aromatic heterocycles. The van der Waals surface area contributed by atoms with Gasteiger partial charge in [0.25, 0.3) is 11.8 Å². The summed E-state index contributed by atoms with van der Waals surface area (Å²) < 4.78 is 19.5. The van der Waals surface area contributed by atoms with Gasteiger partial charge in [0.1, 0.15) is 11.5 Å². The number of fused-ring (bicyclic) bond motifs is 1. The van der Waals surface area contributed by atoms with Crippen molar-refractivity contribution in [3.63, 3.8) is 0 Å². The summed E-state index contributed by atoms with van der Waals surface area (Å²) in [6, 6.07) is 9.95. The summed E-state index contributed by atoms with van der Waals surface area (Å²) in [5, 5.41) is 12.1. The van der Waals surface area contributed by atoms with Crippen molar-refractivity contribution in [1.29, 1.82) is 0 Å². The van der Waals surface area contributed by atoms with Crippen LogP contribution in [0.1, 0.15) is 58.7 Å². The summed E-state index contributed by atoms with van der Waals surface area (Å²) in [5.74, 6) is -2.20. The smallest absolute Gasteiger partial charge is 0.286 e. The molecule has 40 heavy (non-hydrogen) atoms. The molecule has 0 saturated heterocycles. The number of H-pyrrole nitrogens is 1. The second-order valence-electron chi connectivity index (χ2n) is 9.19. The van der Waals surface area contributed by atoms with Gasteiger partial charge in [-0.3, -0.25) is 14.4 Å². The molecule has 0 aliphatic heterocycles. The molecule has 4 rings (SSSR count). The van der Waals surface area contributed by atoms with E-state index < -0.39 is 23.7 Å². The number of anilines is 1. The van der Waals surface area contributed by atoms with Crippen LogP contribution in [0.5, 0.6) is 0 Å². The number of carbonyl (C=O) groups is 3. The molecule has 3 amide bonds. The third kappa shape index (κ3) is 6.64. The molecular weight excluding hydrogens is 557 g/mol. The minimum atomic E-state index is -1.07.